The molecule has 2 aromatic rings. The number of aryl methyl sites for hydroxylation is 1. The van der Waals surface area contributed by atoms with Crippen molar-refractivity contribution in [2.75, 3.05) is 18.6 Å². The molecule has 1 aromatic heterocycles. The third-order valence-corrected chi connectivity index (χ3v) is 4.30. The molecule has 0 fully saturated rings. The fourth-order valence-electron chi connectivity index (χ4n) is 2.26. The maximum atomic E-state index is 6.28. The maximum Gasteiger partial charge on any atom is 0.130 e. The van der Waals surface area contributed by atoms with E-state index in [1.807, 2.05) is 18.2 Å². The van der Waals surface area contributed by atoms with Crippen molar-refractivity contribution in [1.29, 1.82) is 0 Å². The number of thioether (sulfide) groups is 1. The number of nitrogens with two attached hydrogens (primary N) is 1. The number of methoxy groups -OCH3 is 1. The van der Waals surface area contributed by atoms with Gasteiger partial charge in [0.2, 0.25) is 0 Å². The zero-order chi connectivity index (χ0) is 11.8. The molecule has 88 valence electrons. The highest BCUT2D eigenvalue weighted by atomic mass is 32.2. The third-order valence-electron chi connectivity index (χ3n) is 3.06. The van der Waals surface area contributed by atoms with Gasteiger partial charge in [0, 0.05) is 0 Å². The van der Waals surface area contributed by atoms with Crippen molar-refractivity contribution in [3.05, 3.63) is 23.9 Å². The summed E-state index contributed by atoms with van der Waals surface area (Å²) in [6, 6.07) is 5.88. The number of aromatic nitrogens is 1. The number of hydrogen-bond donors (Lipinski definition) is 1. The molecular weight excluding hydrogens is 232 g/mol. The van der Waals surface area contributed by atoms with Crippen LogP contribution in [0.25, 0.3) is 10.9 Å². The Morgan fingerprint density at radius 1 is 1.41 bits per heavy atom. The van der Waals surface area contributed by atoms with Gasteiger partial charge in [-0.25, -0.2) is 0 Å². The highest BCUT2D eigenvalue weighted by molar-refractivity contribution is 7.99. The van der Waals surface area contributed by atoms with Gasteiger partial charge in [0.15, 0.2) is 0 Å². The predicted molar refractivity (Wildman–Crippen MR) is 71.8 cm³/mol. The quantitative estimate of drug-likeness (QED) is 0.840. The largest absolute Gasteiger partial charge is 0.496 e. The number of ether oxygens (including phenoxy) is 1. The van der Waals surface area contributed by atoms with Crippen molar-refractivity contribution in [3.8, 4) is 5.75 Å². The van der Waals surface area contributed by atoms with Gasteiger partial charge in [-0.1, -0.05) is 6.07 Å². The SMILES string of the molecule is COc1cccc2nc3c(c(N)c12)SCCC3. The van der Waals surface area contributed by atoms with Gasteiger partial charge in [-0.05, 0) is 30.7 Å². The first-order chi connectivity index (χ1) is 8.31. The molecule has 3 nitrogen and oxygen atoms in total. The van der Waals surface area contributed by atoms with Gasteiger partial charge in [-0.15, -0.1) is 11.8 Å². The number of hydrogen-bond acceptors (Lipinski definition) is 4. The van der Waals surface area contributed by atoms with Crippen molar-refractivity contribution in [2.45, 2.75) is 17.7 Å². The monoisotopic (exact) mass is 246 g/mol. The smallest absolute Gasteiger partial charge is 0.130 e. The predicted octanol–water partition coefficient (Wildman–Crippen LogP) is 2.86. The lowest BCUT2D eigenvalue weighted by Gasteiger charge is -2.18. The Kier molecular flexibility index (Phi) is 2.59. The lowest BCUT2D eigenvalue weighted by atomic mass is 10.1. The Morgan fingerprint density at radius 3 is 3.12 bits per heavy atom. The molecule has 0 saturated heterocycles. The van der Waals surface area contributed by atoms with Gasteiger partial charge in [-0.2, -0.15) is 0 Å². The van der Waals surface area contributed by atoms with Crippen molar-refractivity contribution >= 4 is 28.4 Å². The summed E-state index contributed by atoms with van der Waals surface area (Å²) >= 11 is 1.81. The molecule has 1 aliphatic heterocycles. The minimum absolute atomic E-state index is 0.807. The normalized spacial score (nSPS) is 14.6. The van der Waals surface area contributed by atoms with Crippen LogP contribution in [0.1, 0.15) is 12.1 Å². The van der Waals surface area contributed by atoms with E-state index in [1.54, 1.807) is 18.9 Å². The molecule has 4 heteroatoms. The first kappa shape index (κ1) is 10.7. The van der Waals surface area contributed by atoms with E-state index in [9.17, 15) is 0 Å². The Labute approximate surface area is 104 Å². The van der Waals surface area contributed by atoms with Gasteiger partial charge in [0.1, 0.15) is 5.75 Å². The Hall–Kier alpha value is -1.42. The Morgan fingerprint density at radius 2 is 2.29 bits per heavy atom. The van der Waals surface area contributed by atoms with Crippen molar-refractivity contribution in [2.24, 2.45) is 0 Å². The van der Waals surface area contributed by atoms with Crippen LogP contribution in [0.2, 0.25) is 0 Å². The zero-order valence-corrected chi connectivity index (χ0v) is 10.5. The van der Waals surface area contributed by atoms with Crippen molar-refractivity contribution in [3.63, 3.8) is 0 Å². The molecule has 0 spiro atoms. The molecular formula is C13H14N2OS. The minimum atomic E-state index is 0.807. The van der Waals surface area contributed by atoms with Gasteiger partial charge in [-0.3, -0.25) is 4.98 Å². The average molecular weight is 246 g/mol. The van der Waals surface area contributed by atoms with E-state index >= 15 is 0 Å². The lowest BCUT2D eigenvalue weighted by molar-refractivity contribution is 0.420. The number of pyridine rings is 1. The molecule has 0 atom stereocenters. The van der Waals surface area contributed by atoms with Gasteiger partial charge in [0.05, 0.1) is 34.3 Å². The molecule has 17 heavy (non-hydrogen) atoms. The molecule has 0 bridgehead atoms. The molecule has 0 aliphatic carbocycles. The first-order valence-corrected chi connectivity index (χ1v) is 6.67. The third kappa shape index (κ3) is 1.63. The summed E-state index contributed by atoms with van der Waals surface area (Å²) in [5.74, 6) is 1.93. The molecule has 0 saturated carbocycles. The van der Waals surface area contributed by atoms with Crippen LogP contribution in [0.3, 0.4) is 0 Å². The molecule has 0 unspecified atom stereocenters. The standard InChI is InChI=1S/C13H14N2OS/c1-16-10-6-2-4-8-11(10)12(14)13-9(15-8)5-3-7-17-13/h2,4,6H,3,5,7H2,1H3,(H2,14,15). The topological polar surface area (TPSA) is 48.1 Å². The van der Waals surface area contributed by atoms with Crippen LogP contribution in [0.15, 0.2) is 23.1 Å². The molecule has 2 N–H and O–H groups in total. The van der Waals surface area contributed by atoms with Gasteiger partial charge >= 0.3 is 0 Å². The first-order valence-electron chi connectivity index (χ1n) is 5.69. The summed E-state index contributed by atoms with van der Waals surface area (Å²) in [7, 11) is 1.67. The fourth-order valence-corrected chi connectivity index (χ4v) is 3.33. The number of nitrogens with zero attached hydrogens (tertiary/aromatic N) is 1. The van der Waals surface area contributed by atoms with Gasteiger partial charge < -0.3 is 10.5 Å². The number of fused-ring (bicyclic) bond motifs is 2. The van der Waals surface area contributed by atoms with E-state index in [1.165, 1.54) is 6.42 Å². The van der Waals surface area contributed by atoms with Crippen LogP contribution in [-0.2, 0) is 6.42 Å². The van der Waals surface area contributed by atoms with Crippen LogP contribution in [0.4, 0.5) is 5.69 Å². The maximum absolute atomic E-state index is 6.28. The van der Waals surface area contributed by atoms with Crippen LogP contribution >= 0.6 is 11.8 Å². The molecule has 3 rings (SSSR count). The average Bonchev–Trinajstić information content (AvgIpc) is 2.38. The summed E-state index contributed by atoms with van der Waals surface area (Å²) in [4.78, 5) is 5.85. The fraction of sp³-hybridized carbons (Fsp3) is 0.308. The molecule has 1 aliphatic rings. The molecule has 0 amide bonds. The number of anilines is 1. The van der Waals surface area contributed by atoms with Crippen LogP contribution < -0.4 is 10.5 Å². The lowest BCUT2D eigenvalue weighted by Crippen LogP contribution is -2.06. The van der Waals surface area contributed by atoms with E-state index in [-0.39, 0.29) is 0 Å². The minimum Gasteiger partial charge on any atom is -0.496 e. The zero-order valence-electron chi connectivity index (χ0n) is 9.69. The van der Waals surface area contributed by atoms with E-state index in [0.717, 1.165) is 45.1 Å². The summed E-state index contributed by atoms with van der Waals surface area (Å²) in [6.45, 7) is 0. The Bertz CT molecular complexity index is 583. The second-order valence-electron chi connectivity index (χ2n) is 4.11. The van der Waals surface area contributed by atoms with E-state index in [0.29, 0.717) is 0 Å². The highest BCUT2D eigenvalue weighted by Crippen LogP contribution is 2.40. The molecule has 1 aromatic carbocycles. The number of benzene rings is 1. The second kappa shape index (κ2) is 4.11. The summed E-state index contributed by atoms with van der Waals surface area (Å²) in [5, 5.41) is 0.947. The van der Waals surface area contributed by atoms with Crippen LogP contribution in [-0.4, -0.2) is 17.8 Å². The van der Waals surface area contributed by atoms with Crippen molar-refractivity contribution < 1.29 is 4.74 Å². The van der Waals surface area contributed by atoms with Crippen LogP contribution in [0.5, 0.6) is 5.75 Å². The second-order valence-corrected chi connectivity index (χ2v) is 5.21. The van der Waals surface area contributed by atoms with E-state index in [2.05, 4.69) is 0 Å². The van der Waals surface area contributed by atoms with E-state index < -0.39 is 0 Å². The summed E-state index contributed by atoms with van der Waals surface area (Å²) in [5.41, 5.74) is 9.17. The highest BCUT2D eigenvalue weighted by Gasteiger charge is 2.18. The Balaban J connectivity index is 2.36. The number of nitrogen functional groups attached to an aromatic ring is 1. The molecule has 0 radical (unpaired) electrons. The molecule has 2 heterocycles. The number of rotatable bonds is 1. The van der Waals surface area contributed by atoms with Crippen LogP contribution in [0, 0.1) is 0 Å². The summed E-state index contributed by atoms with van der Waals surface area (Å²) < 4.78 is 5.37. The summed E-state index contributed by atoms with van der Waals surface area (Å²) in [6.07, 6.45) is 2.21. The van der Waals surface area contributed by atoms with Gasteiger partial charge in [0.25, 0.3) is 0 Å². The van der Waals surface area contributed by atoms with Crippen molar-refractivity contribution in [1.82, 2.24) is 4.98 Å². The van der Waals surface area contributed by atoms with E-state index in [4.69, 9.17) is 15.5 Å².